The molecule has 2 atom stereocenters. The molecule has 2 N–H and O–H groups in total. The van der Waals surface area contributed by atoms with Gasteiger partial charge in [-0.25, -0.2) is 0 Å². The minimum atomic E-state index is -0.710. The molecular formula is C12H14N6. The minimum absolute atomic E-state index is 0.156. The number of hydrogen-bond acceptors (Lipinski definition) is 6. The van der Waals surface area contributed by atoms with Crippen LogP contribution in [0.1, 0.15) is 12.0 Å². The smallest absolute Gasteiger partial charge is 0.178 e. The molecule has 0 amide bonds. The summed E-state index contributed by atoms with van der Waals surface area (Å²) in [6, 6.07) is 3.58. The molecule has 1 aliphatic heterocycles. The lowest BCUT2D eigenvalue weighted by Crippen LogP contribution is -2.58. The van der Waals surface area contributed by atoms with E-state index in [0.717, 1.165) is 18.5 Å². The molecule has 1 saturated heterocycles. The van der Waals surface area contributed by atoms with Gasteiger partial charge < -0.3 is 5.32 Å². The van der Waals surface area contributed by atoms with E-state index in [0.29, 0.717) is 0 Å². The van der Waals surface area contributed by atoms with E-state index in [1.807, 2.05) is 36.5 Å². The van der Waals surface area contributed by atoms with Gasteiger partial charge in [0.25, 0.3) is 0 Å². The van der Waals surface area contributed by atoms with Crippen LogP contribution in [0.3, 0.4) is 0 Å². The molecule has 92 valence electrons. The molecule has 18 heavy (non-hydrogen) atoms. The van der Waals surface area contributed by atoms with Crippen LogP contribution >= 0.6 is 0 Å². The Kier molecular flexibility index (Phi) is 3.31. The summed E-state index contributed by atoms with van der Waals surface area (Å²) in [5, 5.41) is 23.5. The van der Waals surface area contributed by atoms with Crippen LogP contribution in [-0.2, 0) is 5.66 Å². The molecule has 1 aromatic rings. The predicted octanol–water partition coefficient (Wildman–Crippen LogP) is 0.0799. The summed E-state index contributed by atoms with van der Waals surface area (Å²) < 4.78 is 0. The Hall–Kier alpha value is -2.31. The lowest BCUT2D eigenvalue weighted by Gasteiger charge is -2.39. The van der Waals surface area contributed by atoms with E-state index >= 15 is 0 Å². The SMILES string of the molecule is CN1CCC(NC#N)C1(NC#N)c1cccnc1. The number of hydrogen-bond donors (Lipinski definition) is 2. The summed E-state index contributed by atoms with van der Waals surface area (Å²) in [7, 11) is 1.93. The second-order valence-corrected chi connectivity index (χ2v) is 4.26. The first-order valence-electron chi connectivity index (χ1n) is 5.68. The topological polar surface area (TPSA) is 87.8 Å². The number of rotatable bonds is 3. The molecule has 6 nitrogen and oxygen atoms in total. The summed E-state index contributed by atoms with van der Waals surface area (Å²) in [6.45, 7) is 0.795. The van der Waals surface area contributed by atoms with E-state index < -0.39 is 5.66 Å². The Morgan fingerprint density at radius 2 is 2.33 bits per heavy atom. The molecule has 2 unspecified atom stereocenters. The molecular weight excluding hydrogens is 228 g/mol. The minimum Gasteiger partial charge on any atom is -0.317 e. The molecule has 0 bridgehead atoms. The van der Waals surface area contributed by atoms with E-state index in [9.17, 15) is 0 Å². The molecule has 0 aliphatic carbocycles. The van der Waals surface area contributed by atoms with Crippen molar-refractivity contribution in [3.05, 3.63) is 30.1 Å². The van der Waals surface area contributed by atoms with Gasteiger partial charge in [-0.1, -0.05) is 6.07 Å². The number of pyridine rings is 1. The van der Waals surface area contributed by atoms with Crippen LogP contribution in [0.4, 0.5) is 0 Å². The third kappa shape index (κ3) is 1.73. The Morgan fingerprint density at radius 3 is 2.94 bits per heavy atom. The van der Waals surface area contributed by atoms with Gasteiger partial charge in [0.05, 0.1) is 6.04 Å². The van der Waals surface area contributed by atoms with Crippen LogP contribution in [0.2, 0.25) is 0 Å². The zero-order chi connectivity index (χ0) is 13.0. The Morgan fingerprint density at radius 1 is 1.50 bits per heavy atom. The van der Waals surface area contributed by atoms with Crippen LogP contribution in [-0.4, -0.2) is 29.5 Å². The number of nitrogens with one attached hydrogen (secondary N) is 2. The number of aromatic nitrogens is 1. The number of likely N-dealkylation sites (tertiary alicyclic amines) is 1. The Bertz CT molecular complexity index is 488. The van der Waals surface area contributed by atoms with Crippen molar-refractivity contribution in [2.45, 2.75) is 18.1 Å². The van der Waals surface area contributed by atoms with Gasteiger partial charge in [0.1, 0.15) is 5.66 Å². The lowest BCUT2D eigenvalue weighted by molar-refractivity contribution is 0.125. The Labute approximate surface area is 106 Å². The van der Waals surface area contributed by atoms with Crippen LogP contribution in [0.25, 0.3) is 0 Å². The largest absolute Gasteiger partial charge is 0.317 e. The number of likely N-dealkylation sites (N-methyl/N-ethyl adjacent to an activating group) is 1. The highest BCUT2D eigenvalue weighted by molar-refractivity contribution is 5.27. The van der Waals surface area contributed by atoms with Crippen molar-refractivity contribution >= 4 is 0 Å². The number of nitriles is 2. The highest BCUT2D eigenvalue weighted by Gasteiger charge is 2.49. The summed E-state index contributed by atoms with van der Waals surface area (Å²) in [4.78, 5) is 6.13. The van der Waals surface area contributed by atoms with Crippen LogP contribution in [0.5, 0.6) is 0 Å². The first-order valence-corrected chi connectivity index (χ1v) is 5.68. The second kappa shape index (κ2) is 4.91. The first-order chi connectivity index (χ1) is 8.75. The molecule has 0 radical (unpaired) electrons. The molecule has 2 heterocycles. The standard InChI is InChI=1S/C12H14N6/c1-18-6-4-11(16-8-13)12(18,17-9-14)10-3-2-5-15-7-10/h2-3,5,7,11,16-17H,4,6H2,1H3. The average molecular weight is 242 g/mol. The van der Waals surface area contributed by atoms with E-state index in [1.165, 1.54) is 0 Å². The van der Waals surface area contributed by atoms with Gasteiger partial charge in [-0.15, -0.1) is 0 Å². The van der Waals surface area contributed by atoms with Crippen LogP contribution in [0.15, 0.2) is 24.5 Å². The van der Waals surface area contributed by atoms with Crippen molar-refractivity contribution < 1.29 is 0 Å². The quantitative estimate of drug-likeness (QED) is 0.576. The molecule has 0 spiro atoms. The molecule has 0 aromatic carbocycles. The maximum absolute atomic E-state index is 9.04. The second-order valence-electron chi connectivity index (χ2n) is 4.26. The van der Waals surface area contributed by atoms with Crippen molar-refractivity contribution in [2.75, 3.05) is 13.6 Å². The fourth-order valence-electron chi connectivity index (χ4n) is 2.58. The van der Waals surface area contributed by atoms with E-state index in [2.05, 4.69) is 15.6 Å². The van der Waals surface area contributed by atoms with Crippen LogP contribution < -0.4 is 10.6 Å². The van der Waals surface area contributed by atoms with E-state index in [-0.39, 0.29) is 6.04 Å². The van der Waals surface area contributed by atoms with Crippen molar-refractivity contribution in [1.29, 1.82) is 10.5 Å². The molecule has 2 rings (SSSR count). The van der Waals surface area contributed by atoms with Crippen molar-refractivity contribution in [3.63, 3.8) is 0 Å². The summed E-state index contributed by atoms with van der Waals surface area (Å²) in [5.74, 6) is 0. The van der Waals surface area contributed by atoms with Gasteiger partial charge in [-0.3, -0.25) is 15.2 Å². The van der Waals surface area contributed by atoms with Gasteiger partial charge in [0, 0.05) is 24.5 Å². The fourth-order valence-corrected chi connectivity index (χ4v) is 2.58. The maximum Gasteiger partial charge on any atom is 0.178 e. The fraction of sp³-hybridized carbons (Fsp3) is 0.417. The molecule has 6 heteroatoms. The van der Waals surface area contributed by atoms with Gasteiger partial charge in [0.15, 0.2) is 12.4 Å². The first kappa shape index (κ1) is 12.2. The summed E-state index contributed by atoms with van der Waals surface area (Å²) in [6.07, 6.45) is 8.16. The Balaban J connectivity index is 2.48. The molecule has 0 saturated carbocycles. The van der Waals surface area contributed by atoms with Crippen molar-refractivity contribution in [2.24, 2.45) is 0 Å². The lowest BCUT2D eigenvalue weighted by atomic mass is 9.93. The molecule has 1 aromatic heterocycles. The zero-order valence-electron chi connectivity index (χ0n) is 10.1. The molecule has 1 fully saturated rings. The van der Waals surface area contributed by atoms with E-state index in [4.69, 9.17) is 10.5 Å². The number of nitrogens with zero attached hydrogens (tertiary/aromatic N) is 4. The van der Waals surface area contributed by atoms with Gasteiger partial charge in [0.2, 0.25) is 0 Å². The average Bonchev–Trinajstić information content (AvgIpc) is 2.71. The third-order valence-corrected chi connectivity index (χ3v) is 3.45. The predicted molar refractivity (Wildman–Crippen MR) is 64.4 cm³/mol. The van der Waals surface area contributed by atoms with Gasteiger partial charge in [-0.2, -0.15) is 10.5 Å². The monoisotopic (exact) mass is 242 g/mol. The van der Waals surface area contributed by atoms with Crippen molar-refractivity contribution in [1.82, 2.24) is 20.5 Å². The summed E-state index contributed by atoms with van der Waals surface area (Å²) >= 11 is 0. The van der Waals surface area contributed by atoms with Crippen molar-refractivity contribution in [3.8, 4) is 12.4 Å². The van der Waals surface area contributed by atoms with E-state index in [1.54, 1.807) is 12.4 Å². The molecule has 1 aliphatic rings. The highest BCUT2D eigenvalue weighted by atomic mass is 15.4. The summed E-state index contributed by atoms with van der Waals surface area (Å²) in [5.41, 5.74) is 0.165. The zero-order valence-corrected chi connectivity index (χ0v) is 10.1. The maximum atomic E-state index is 9.04. The normalized spacial score (nSPS) is 27.2. The van der Waals surface area contributed by atoms with Gasteiger partial charge in [-0.05, 0) is 19.5 Å². The van der Waals surface area contributed by atoms with Gasteiger partial charge >= 0.3 is 0 Å². The van der Waals surface area contributed by atoms with Crippen LogP contribution in [0, 0.1) is 22.9 Å². The highest BCUT2D eigenvalue weighted by Crippen LogP contribution is 2.34. The third-order valence-electron chi connectivity index (χ3n) is 3.45.